The highest BCUT2D eigenvalue weighted by atomic mass is 31.2. The number of ketones is 1. The van der Waals surface area contributed by atoms with Crippen LogP contribution in [0.25, 0.3) is 11.1 Å². The lowest BCUT2D eigenvalue weighted by Crippen LogP contribution is -2.15. The molecule has 29 heavy (non-hydrogen) atoms. The van der Waals surface area contributed by atoms with Gasteiger partial charge in [0.2, 0.25) is 0 Å². The molecule has 2 aromatic rings. The van der Waals surface area contributed by atoms with Crippen LogP contribution >= 0.6 is 7.72 Å². The monoisotopic (exact) mass is 421 g/mol. The van der Waals surface area contributed by atoms with Crippen LogP contribution in [0, 0.1) is 26.6 Å². The molecule has 0 amide bonds. The number of carbonyl (C=O) groups excluding carboxylic acids is 1. The maximum absolute atomic E-state index is 13.7. The van der Waals surface area contributed by atoms with Crippen LogP contribution in [0.4, 0.5) is 4.39 Å². The highest BCUT2D eigenvalue weighted by molar-refractivity contribution is 7.65. The molecule has 0 unspecified atom stereocenters. The van der Waals surface area contributed by atoms with Crippen LogP contribution in [-0.4, -0.2) is 39.0 Å². The molecule has 0 heterocycles. The van der Waals surface area contributed by atoms with Crippen molar-refractivity contribution < 1.29 is 28.9 Å². The molecule has 0 aliphatic heterocycles. The second-order valence-corrected chi connectivity index (χ2v) is 10.1. The number of hydrogen-bond donors (Lipinski definition) is 3. The van der Waals surface area contributed by atoms with Crippen LogP contribution in [0.2, 0.25) is 0 Å². The molecule has 0 saturated heterocycles. The summed E-state index contributed by atoms with van der Waals surface area (Å²) in [6, 6.07) is 9.06. The zero-order chi connectivity index (χ0) is 21.8. The first-order valence-corrected chi connectivity index (χ1v) is 11.5. The molecule has 2 aromatic carbocycles. The smallest absolute Gasteiger partial charge is 0.311 e. The molecule has 3 N–H and O–H groups in total. The molecule has 2 rings (SSSR count). The van der Waals surface area contributed by atoms with Gasteiger partial charge in [0.25, 0.3) is 7.72 Å². The maximum atomic E-state index is 13.7. The molecule has 0 aromatic heterocycles. The molecule has 156 valence electrons. The largest absolute Gasteiger partial charge is 0.481 e. The third-order valence-electron chi connectivity index (χ3n) is 4.81. The Hall–Kier alpha value is -2.14. The van der Waals surface area contributed by atoms with Gasteiger partial charge in [-0.05, 0) is 73.6 Å². The van der Waals surface area contributed by atoms with Crippen molar-refractivity contribution in [3.63, 3.8) is 0 Å². The van der Waals surface area contributed by atoms with E-state index in [0.717, 1.165) is 27.8 Å². The number of aryl methyl sites for hydroxylation is 3. The van der Waals surface area contributed by atoms with E-state index in [-0.39, 0.29) is 12.0 Å². The van der Waals surface area contributed by atoms with Gasteiger partial charge in [-0.2, -0.15) is 0 Å². The van der Waals surface area contributed by atoms with Crippen LogP contribution in [0.15, 0.2) is 30.3 Å². The van der Waals surface area contributed by atoms with Crippen LogP contribution in [-0.2, 0) is 16.0 Å². The van der Waals surface area contributed by atoms with Crippen molar-refractivity contribution in [1.82, 2.24) is 0 Å². The van der Waals surface area contributed by atoms with Gasteiger partial charge in [-0.15, -0.1) is 0 Å². The summed E-state index contributed by atoms with van der Waals surface area (Å²) < 4.78 is 13.7. The standard InChI is InChI=1S/C22H26FO5P/c1-14-9-15(2)19(20(10-14)17-6-7-21(23)16(3)11-17)5-4-8-29(27,28)13-18(24)12-22(25)26/h6-7,9-11,27-28H,4-5,8,12-13H2,1-3H3/p+1. The average Bonchev–Trinajstić information content (AvgIpc) is 2.57. The zero-order valence-electron chi connectivity index (χ0n) is 16.9. The molecule has 5 nitrogen and oxygen atoms in total. The summed E-state index contributed by atoms with van der Waals surface area (Å²) in [4.78, 5) is 42.5. The Kier molecular flexibility index (Phi) is 7.64. The van der Waals surface area contributed by atoms with Crippen molar-refractivity contribution in [2.24, 2.45) is 0 Å². The molecule has 0 atom stereocenters. The van der Waals surface area contributed by atoms with Gasteiger partial charge in [0.15, 0.2) is 11.9 Å². The van der Waals surface area contributed by atoms with E-state index >= 15 is 0 Å². The topological polar surface area (TPSA) is 94.8 Å². The zero-order valence-corrected chi connectivity index (χ0v) is 17.8. The summed E-state index contributed by atoms with van der Waals surface area (Å²) in [5, 5.41) is 8.64. The Bertz CT molecular complexity index is 924. The van der Waals surface area contributed by atoms with E-state index in [1.54, 1.807) is 19.1 Å². The fraction of sp³-hybridized carbons (Fsp3) is 0.364. The minimum atomic E-state index is -3.48. The lowest BCUT2D eigenvalue weighted by atomic mass is 9.90. The van der Waals surface area contributed by atoms with Gasteiger partial charge >= 0.3 is 5.97 Å². The minimum Gasteiger partial charge on any atom is -0.481 e. The van der Waals surface area contributed by atoms with Gasteiger partial charge in [-0.25, -0.2) is 14.2 Å². The summed E-state index contributed by atoms with van der Waals surface area (Å²) in [5.41, 5.74) is 5.61. The Labute approximate surface area is 170 Å². The Morgan fingerprint density at radius 3 is 2.34 bits per heavy atom. The van der Waals surface area contributed by atoms with Crippen molar-refractivity contribution in [3.8, 4) is 11.1 Å². The molecular formula is C22H27FO5P+. The first-order valence-electron chi connectivity index (χ1n) is 9.41. The summed E-state index contributed by atoms with van der Waals surface area (Å²) >= 11 is 0. The van der Waals surface area contributed by atoms with E-state index in [4.69, 9.17) is 5.11 Å². The normalized spacial score (nSPS) is 11.5. The Morgan fingerprint density at radius 2 is 1.72 bits per heavy atom. The van der Waals surface area contributed by atoms with E-state index in [1.807, 2.05) is 26.0 Å². The lowest BCUT2D eigenvalue weighted by Gasteiger charge is -2.16. The number of aliphatic carboxylic acids is 1. The fourth-order valence-electron chi connectivity index (χ4n) is 3.49. The quantitative estimate of drug-likeness (QED) is 0.416. The van der Waals surface area contributed by atoms with E-state index in [9.17, 15) is 23.8 Å². The van der Waals surface area contributed by atoms with E-state index < -0.39 is 32.1 Å². The van der Waals surface area contributed by atoms with E-state index in [1.165, 1.54) is 6.07 Å². The number of carboxylic acids is 1. The summed E-state index contributed by atoms with van der Waals surface area (Å²) in [7, 11) is -3.48. The molecule has 0 aliphatic rings. The predicted octanol–water partition coefficient (Wildman–Crippen LogP) is 4.23. The van der Waals surface area contributed by atoms with Crippen molar-refractivity contribution in [1.29, 1.82) is 0 Å². The SMILES string of the molecule is Cc1cc(C)c(CCC[P+](O)(O)CC(=O)CC(=O)O)c(-c2ccc(F)c(C)c2)c1. The molecule has 0 bridgehead atoms. The van der Waals surface area contributed by atoms with Gasteiger partial charge in [0.05, 0.1) is 0 Å². The van der Waals surface area contributed by atoms with Crippen LogP contribution in [0.1, 0.15) is 35.1 Å². The lowest BCUT2D eigenvalue weighted by molar-refractivity contribution is -0.139. The van der Waals surface area contributed by atoms with Crippen molar-refractivity contribution in [2.45, 2.75) is 40.0 Å². The van der Waals surface area contributed by atoms with Gasteiger partial charge in [0.1, 0.15) is 18.4 Å². The highest BCUT2D eigenvalue weighted by Gasteiger charge is 2.36. The number of Topliss-reactive ketones (excluding diaryl/α,β-unsaturated/α-hetero) is 1. The minimum absolute atomic E-state index is 0.0492. The molecule has 0 radical (unpaired) electrons. The van der Waals surface area contributed by atoms with Crippen molar-refractivity contribution in [2.75, 3.05) is 12.3 Å². The van der Waals surface area contributed by atoms with Gasteiger partial charge in [-0.3, -0.25) is 9.59 Å². The highest BCUT2D eigenvalue weighted by Crippen LogP contribution is 2.50. The maximum Gasteiger partial charge on any atom is 0.311 e. The number of benzene rings is 2. The second kappa shape index (κ2) is 9.57. The number of carboxylic acid groups (broad SMARTS) is 1. The van der Waals surface area contributed by atoms with Crippen molar-refractivity contribution >= 4 is 19.5 Å². The van der Waals surface area contributed by atoms with Crippen LogP contribution in [0.5, 0.6) is 0 Å². The van der Waals surface area contributed by atoms with E-state index in [2.05, 4.69) is 0 Å². The third kappa shape index (κ3) is 6.70. The summed E-state index contributed by atoms with van der Waals surface area (Å²) in [6.45, 7) is 5.69. The molecule has 0 aliphatic carbocycles. The molecule has 0 saturated carbocycles. The Balaban J connectivity index is 2.17. The number of carbonyl (C=O) groups is 2. The van der Waals surface area contributed by atoms with Gasteiger partial charge < -0.3 is 5.11 Å². The number of halogens is 1. The third-order valence-corrected chi connectivity index (χ3v) is 6.70. The number of rotatable bonds is 9. The van der Waals surface area contributed by atoms with Gasteiger partial charge in [-0.1, -0.05) is 23.8 Å². The first-order chi connectivity index (χ1) is 13.5. The second-order valence-electron chi connectivity index (χ2n) is 7.55. The predicted molar refractivity (Wildman–Crippen MR) is 113 cm³/mol. The Morgan fingerprint density at radius 1 is 1.03 bits per heavy atom. The van der Waals surface area contributed by atoms with Crippen molar-refractivity contribution in [3.05, 3.63) is 58.4 Å². The average molecular weight is 421 g/mol. The molecule has 0 spiro atoms. The first kappa shape index (κ1) is 23.1. The molecular weight excluding hydrogens is 394 g/mol. The molecule has 7 heteroatoms. The van der Waals surface area contributed by atoms with Crippen LogP contribution in [0.3, 0.4) is 0 Å². The van der Waals surface area contributed by atoms with Gasteiger partial charge in [0, 0.05) is 0 Å². The molecule has 0 fully saturated rings. The fourth-order valence-corrected chi connectivity index (χ4v) is 4.99. The summed E-state index contributed by atoms with van der Waals surface area (Å²) in [6.07, 6.45) is -0.149. The summed E-state index contributed by atoms with van der Waals surface area (Å²) in [5.74, 6) is -2.21. The van der Waals surface area contributed by atoms with E-state index in [0.29, 0.717) is 18.4 Å². The number of hydrogen-bond acceptors (Lipinski definition) is 4. The van der Waals surface area contributed by atoms with Crippen LogP contribution < -0.4 is 0 Å².